The second-order valence-electron chi connectivity index (χ2n) is 8.16. The maximum absolute atomic E-state index is 12.0. The molecule has 2 aromatic carbocycles. The molecule has 1 amide bonds. The van der Waals surface area contributed by atoms with E-state index in [1.54, 1.807) is 23.5 Å². The minimum absolute atomic E-state index is 0.149. The lowest BCUT2D eigenvalue weighted by atomic mass is 9.95. The number of thiophene rings is 1. The Kier molecular flexibility index (Phi) is 7.30. The van der Waals surface area contributed by atoms with Gasteiger partial charge in [-0.2, -0.15) is 11.3 Å². The van der Waals surface area contributed by atoms with Crippen LogP contribution in [0.15, 0.2) is 70.3 Å². The van der Waals surface area contributed by atoms with E-state index < -0.39 is 15.9 Å². The van der Waals surface area contributed by atoms with Crippen molar-refractivity contribution < 1.29 is 13.2 Å². The maximum Gasteiger partial charge on any atom is 0.234 e. The molecule has 2 atom stereocenters. The molecule has 0 bridgehead atoms. The number of hydrogen-bond acceptors (Lipinski definition) is 5. The number of carbonyl (C=O) groups is 1. The van der Waals surface area contributed by atoms with Crippen molar-refractivity contribution in [2.75, 3.05) is 6.26 Å². The van der Waals surface area contributed by atoms with E-state index in [-0.39, 0.29) is 11.9 Å². The molecule has 0 saturated heterocycles. The Morgan fingerprint density at radius 2 is 1.55 bits per heavy atom. The molecule has 0 aliphatic heterocycles. The van der Waals surface area contributed by atoms with Crippen LogP contribution >= 0.6 is 11.3 Å². The summed E-state index contributed by atoms with van der Waals surface area (Å²) in [6, 6.07) is 16.4. The van der Waals surface area contributed by atoms with Gasteiger partial charge in [0.25, 0.3) is 0 Å². The predicted molar refractivity (Wildman–Crippen MR) is 127 cm³/mol. The summed E-state index contributed by atoms with van der Waals surface area (Å²) in [5.74, 6) is -0.0121. The summed E-state index contributed by atoms with van der Waals surface area (Å²) in [4.78, 5) is 12.3. The van der Waals surface area contributed by atoms with Gasteiger partial charge in [0.2, 0.25) is 5.91 Å². The Hall–Kier alpha value is -2.48. The summed E-state index contributed by atoms with van der Waals surface area (Å²) in [5.41, 5.74) is 9.71. The minimum Gasteiger partial charge on any atom is -0.368 e. The molecule has 3 aromatic rings. The highest BCUT2D eigenvalue weighted by molar-refractivity contribution is 7.90. The third-order valence-electron chi connectivity index (χ3n) is 5.15. The highest BCUT2D eigenvalue weighted by Gasteiger charge is 2.23. The number of carbonyl (C=O) groups excluding carboxylic acids is 1. The van der Waals surface area contributed by atoms with Crippen LogP contribution in [0.2, 0.25) is 0 Å². The number of amides is 1. The van der Waals surface area contributed by atoms with Gasteiger partial charge < -0.3 is 5.73 Å². The van der Waals surface area contributed by atoms with Gasteiger partial charge in [0.1, 0.15) is 0 Å². The molecule has 0 unspecified atom stereocenters. The largest absolute Gasteiger partial charge is 0.368 e. The van der Waals surface area contributed by atoms with E-state index in [9.17, 15) is 13.2 Å². The smallest absolute Gasteiger partial charge is 0.234 e. The van der Waals surface area contributed by atoms with Gasteiger partial charge in [0.05, 0.1) is 17.0 Å². The van der Waals surface area contributed by atoms with Crippen LogP contribution in [-0.4, -0.2) is 26.6 Å². The van der Waals surface area contributed by atoms with Crippen molar-refractivity contribution in [2.45, 2.75) is 37.2 Å². The van der Waals surface area contributed by atoms with Gasteiger partial charge in [-0.25, -0.2) is 8.42 Å². The highest BCUT2D eigenvalue weighted by atomic mass is 32.2. The molecule has 1 aromatic heterocycles. The molecular weight excluding hydrogens is 428 g/mol. The number of hydrogen-bond donors (Lipinski definition) is 2. The lowest BCUT2D eigenvalue weighted by Crippen LogP contribution is -2.44. The molecule has 0 aliphatic carbocycles. The first-order valence-corrected chi connectivity index (χ1v) is 13.0. The summed E-state index contributed by atoms with van der Waals surface area (Å²) < 4.78 is 23.4. The zero-order valence-electron chi connectivity index (χ0n) is 17.9. The van der Waals surface area contributed by atoms with Crippen molar-refractivity contribution in [2.24, 2.45) is 11.7 Å². The zero-order chi connectivity index (χ0) is 22.6. The fourth-order valence-corrected chi connectivity index (χ4v) is 4.84. The van der Waals surface area contributed by atoms with Gasteiger partial charge in [-0.3, -0.25) is 10.1 Å². The second kappa shape index (κ2) is 9.77. The van der Waals surface area contributed by atoms with E-state index in [2.05, 4.69) is 24.5 Å². The molecule has 0 saturated carbocycles. The van der Waals surface area contributed by atoms with E-state index in [4.69, 9.17) is 5.73 Å². The molecular formula is C24H28N2O3S2. The van der Waals surface area contributed by atoms with Crippen LogP contribution in [0, 0.1) is 5.92 Å². The molecule has 164 valence electrons. The fraction of sp³-hybridized carbons (Fsp3) is 0.292. The molecule has 31 heavy (non-hydrogen) atoms. The molecule has 3 rings (SSSR count). The number of sulfone groups is 1. The third kappa shape index (κ3) is 6.03. The monoisotopic (exact) mass is 456 g/mol. The number of benzene rings is 2. The first-order chi connectivity index (χ1) is 14.6. The van der Waals surface area contributed by atoms with Gasteiger partial charge in [0, 0.05) is 6.26 Å². The van der Waals surface area contributed by atoms with Crippen molar-refractivity contribution in [1.82, 2.24) is 5.32 Å². The lowest BCUT2D eigenvalue weighted by Gasteiger charge is -2.25. The normalized spacial score (nSPS) is 13.8. The van der Waals surface area contributed by atoms with E-state index in [1.807, 2.05) is 47.8 Å². The van der Waals surface area contributed by atoms with Crippen LogP contribution in [0.5, 0.6) is 0 Å². The summed E-state index contributed by atoms with van der Waals surface area (Å²) in [5, 5.41) is 7.54. The predicted octanol–water partition coefficient (Wildman–Crippen LogP) is 4.40. The number of primary amides is 1. The van der Waals surface area contributed by atoms with Gasteiger partial charge >= 0.3 is 0 Å². The molecule has 0 spiro atoms. The van der Waals surface area contributed by atoms with E-state index in [0.717, 1.165) is 22.3 Å². The standard InChI is InChI=1S/C24H28N2O3S2/c1-16(2)14-22(24(25)27)26-23(20-12-13-30-15-20)19-6-4-17(5-7-19)18-8-10-21(11-9-18)31(3,28)29/h4-13,15-16,22-23,26H,14H2,1-3H3,(H2,25,27)/t22-,23-/m0/s1. The minimum atomic E-state index is -3.22. The number of nitrogens with two attached hydrogens (primary N) is 1. The van der Waals surface area contributed by atoms with Crippen LogP contribution < -0.4 is 11.1 Å². The summed E-state index contributed by atoms with van der Waals surface area (Å²) in [6.45, 7) is 4.14. The number of nitrogens with one attached hydrogen (secondary N) is 1. The summed E-state index contributed by atoms with van der Waals surface area (Å²) in [6.07, 6.45) is 1.87. The summed E-state index contributed by atoms with van der Waals surface area (Å²) in [7, 11) is -3.22. The molecule has 5 nitrogen and oxygen atoms in total. The second-order valence-corrected chi connectivity index (χ2v) is 11.0. The topological polar surface area (TPSA) is 89.3 Å². The first-order valence-electron chi connectivity index (χ1n) is 10.1. The van der Waals surface area contributed by atoms with Crippen LogP contribution in [-0.2, 0) is 14.6 Å². The van der Waals surface area contributed by atoms with Crippen molar-refractivity contribution >= 4 is 27.1 Å². The van der Waals surface area contributed by atoms with Crippen molar-refractivity contribution in [3.05, 3.63) is 76.5 Å². The quantitative estimate of drug-likeness (QED) is 0.499. The van der Waals surface area contributed by atoms with Crippen molar-refractivity contribution in [3.63, 3.8) is 0 Å². The third-order valence-corrected chi connectivity index (χ3v) is 6.98. The van der Waals surface area contributed by atoms with E-state index >= 15 is 0 Å². The fourth-order valence-electron chi connectivity index (χ4n) is 3.53. The lowest BCUT2D eigenvalue weighted by molar-refractivity contribution is -0.120. The van der Waals surface area contributed by atoms with Crippen LogP contribution in [0.1, 0.15) is 37.4 Å². The van der Waals surface area contributed by atoms with Crippen LogP contribution in [0.3, 0.4) is 0 Å². The van der Waals surface area contributed by atoms with Crippen molar-refractivity contribution in [3.8, 4) is 11.1 Å². The summed E-state index contributed by atoms with van der Waals surface area (Å²) >= 11 is 1.61. The Morgan fingerprint density at radius 1 is 0.968 bits per heavy atom. The van der Waals surface area contributed by atoms with Crippen LogP contribution in [0.25, 0.3) is 11.1 Å². The molecule has 0 radical (unpaired) electrons. The Balaban J connectivity index is 1.88. The SMILES string of the molecule is CC(C)C[C@H](N[C@@H](c1ccc(-c2ccc(S(C)(=O)=O)cc2)cc1)c1ccsc1)C(N)=O. The highest BCUT2D eigenvalue weighted by Crippen LogP contribution is 2.28. The first kappa shape index (κ1) is 23.2. The zero-order valence-corrected chi connectivity index (χ0v) is 19.5. The average Bonchev–Trinajstić information content (AvgIpc) is 3.25. The molecule has 1 heterocycles. The van der Waals surface area contributed by atoms with Gasteiger partial charge in [0.15, 0.2) is 9.84 Å². The van der Waals surface area contributed by atoms with E-state index in [0.29, 0.717) is 17.2 Å². The Bertz CT molecular complexity index is 1100. The molecule has 3 N–H and O–H groups in total. The van der Waals surface area contributed by atoms with Crippen LogP contribution in [0.4, 0.5) is 0 Å². The average molecular weight is 457 g/mol. The molecule has 0 fully saturated rings. The van der Waals surface area contributed by atoms with Gasteiger partial charge in [-0.1, -0.05) is 50.2 Å². The maximum atomic E-state index is 12.0. The van der Waals surface area contributed by atoms with Gasteiger partial charge in [-0.15, -0.1) is 0 Å². The molecule has 7 heteroatoms. The Labute approximate surface area is 188 Å². The van der Waals surface area contributed by atoms with E-state index in [1.165, 1.54) is 6.26 Å². The van der Waals surface area contributed by atoms with Gasteiger partial charge in [-0.05, 0) is 63.6 Å². The number of rotatable bonds is 9. The Morgan fingerprint density at radius 3 is 2.00 bits per heavy atom. The van der Waals surface area contributed by atoms with Crippen molar-refractivity contribution in [1.29, 1.82) is 0 Å². The molecule has 0 aliphatic rings.